The van der Waals surface area contributed by atoms with Crippen LogP contribution in [0.3, 0.4) is 0 Å². The normalized spacial score (nSPS) is 16.2. The van der Waals surface area contributed by atoms with Crippen molar-refractivity contribution in [1.29, 1.82) is 0 Å². The fraction of sp³-hybridized carbons (Fsp3) is 0.545. The first-order valence-electron chi connectivity index (χ1n) is 5.18. The molecule has 0 aromatic carbocycles. The first-order valence-corrected chi connectivity index (χ1v) is 5.18. The first kappa shape index (κ1) is 13.5. The molecule has 0 fully saturated rings. The Kier molecular flexibility index (Phi) is 4.48. The lowest BCUT2D eigenvalue weighted by Gasteiger charge is -2.20. The van der Waals surface area contributed by atoms with Crippen molar-refractivity contribution < 1.29 is 28.2 Å². The molecule has 4 nitrogen and oxygen atoms in total. The Hall–Kier alpha value is -1.59. The van der Waals surface area contributed by atoms with Gasteiger partial charge in [-0.2, -0.15) is 8.78 Å². The second-order valence-corrected chi connectivity index (χ2v) is 3.81. The Labute approximate surface area is 97.5 Å². The van der Waals surface area contributed by atoms with Crippen LogP contribution >= 0.6 is 0 Å². The Bertz CT molecular complexity index is 358. The molecule has 0 heterocycles. The van der Waals surface area contributed by atoms with Crippen molar-refractivity contribution in [2.45, 2.75) is 39.4 Å². The summed E-state index contributed by atoms with van der Waals surface area (Å²) in [7, 11) is 0. The average Bonchev–Trinajstić information content (AvgIpc) is 2.18. The van der Waals surface area contributed by atoms with Crippen molar-refractivity contribution in [3.05, 3.63) is 23.2 Å². The number of hydrogen-bond acceptors (Lipinski definition) is 3. The number of rotatable bonds is 5. The number of aliphatic carboxylic acids is 1. The third-order valence-corrected chi connectivity index (χ3v) is 2.07. The topological polar surface area (TPSA) is 55.8 Å². The molecule has 0 bridgehead atoms. The molecule has 0 aromatic rings. The number of ether oxygens (including phenoxy) is 2. The lowest BCUT2D eigenvalue weighted by Crippen LogP contribution is -2.14. The largest absolute Gasteiger partial charge is 0.487 e. The maximum atomic E-state index is 12.1. The van der Waals surface area contributed by atoms with Crippen LogP contribution in [0, 0.1) is 0 Å². The van der Waals surface area contributed by atoms with Crippen LogP contribution in [-0.2, 0) is 14.3 Å². The van der Waals surface area contributed by atoms with E-state index in [4.69, 9.17) is 9.84 Å². The van der Waals surface area contributed by atoms with Gasteiger partial charge in [0.1, 0.15) is 5.76 Å². The van der Waals surface area contributed by atoms with Crippen molar-refractivity contribution in [3.63, 3.8) is 0 Å². The highest BCUT2D eigenvalue weighted by Gasteiger charge is 2.22. The molecule has 0 aromatic heterocycles. The third kappa shape index (κ3) is 4.05. The highest BCUT2D eigenvalue weighted by molar-refractivity contribution is 5.87. The summed E-state index contributed by atoms with van der Waals surface area (Å²) in [5, 5.41) is 8.82. The molecule has 1 aliphatic rings. The minimum Gasteiger partial charge on any atom is -0.487 e. The van der Waals surface area contributed by atoms with Gasteiger partial charge in [0.2, 0.25) is 0 Å². The molecule has 0 atom stereocenters. The van der Waals surface area contributed by atoms with Crippen LogP contribution in [-0.4, -0.2) is 23.8 Å². The summed E-state index contributed by atoms with van der Waals surface area (Å²) in [6, 6.07) is 0. The number of carboxylic acid groups (broad SMARTS) is 1. The van der Waals surface area contributed by atoms with Crippen molar-refractivity contribution in [2.75, 3.05) is 0 Å². The molecule has 0 unspecified atom stereocenters. The van der Waals surface area contributed by atoms with Gasteiger partial charge in [-0.25, -0.2) is 4.79 Å². The predicted octanol–water partition coefficient (Wildman–Crippen LogP) is 2.67. The van der Waals surface area contributed by atoms with E-state index in [1.165, 1.54) is 6.08 Å². The number of halogens is 2. The van der Waals surface area contributed by atoms with Crippen LogP contribution in [0.1, 0.15) is 26.7 Å². The maximum absolute atomic E-state index is 12.1. The number of carbonyl (C=O) groups is 1. The zero-order chi connectivity index (χ0) is 13.0. The van der Waals surface area contributed by atoms with Gasteiger partial charge in [0, 0.05) is 12.0 Å². The molecule has 1 aliphatic carbocycles. The summed E-state index contributed by atoms with van der Waals surface area (Å²) in [5.41, 5.74) is 0.127. The summed E-state index contributed by atoms with van der Waals surface area (Å²) < 4.78 is 33.9. The first-order chi connectivity index (χ1) is 7.90. The molecular formula is C11H14F2O4. The molecule has 1 rings (SSSR count). The van der Waals surface area contributed by atoms with E-state index in [0.29, 0.717) is 0 Å². The van der Waals surface area contributed by atoms with Crippen molar-refractivity contribution >= 4 is 5.97 Å². The Balaban J connectivity index is 2.95. The minimum absolute atomic E-state index is 0.00120. The molecule has 0 radical (unpaired) electrons. The summed E-state index contributed by atoms with van der Waals surface area (Å²) in [5.74, 6) is -1.01. The second-order valence-electron chi connectivity index (χ2n) is 3.81. The quantitative estimate of drug-likeness (QED) is 0.812. The van der Waals surface area contributed by atoms with E-state index in [1.54, 1.807) is 13.8 Å². The van der Waals surface area contributed by atoms with Gasteiger partial charge in [-0.1, -0.05) is 0 Å². The fourth-order valence-electron chi connectivity index (χ4n) is 1.43. The number of hydrogen-bond donors (Lipinski definition) is 1. The molecular weight excluding hydrogens is 234 g/mol. The van der Waals surface area contributed by atoms with Gasteiger partial charge < -0.3 is 14.6 Å². The highest BCUT2D eigenvalue weighted by Crippen LogP contribution is 2.28. The molecule has 0 amide bonds. The van der Waals surface area contributed by atoms with Gasteiger partial charge in [-0.3, -0.25) is 0 Å². The number of allylic oxidation sites excluding steroid dienone is 2. The third-order valence-electron chi connectivity index (χ3n) is 2.07. The zero-order valence-corrected chi connectivity index (χ0v) is 9.57. The van der Waals surface area contributed by atoms with Crippen LogP contribution in [0.2, 0.25) is 0 Å². The maximum Gasteiger partial charge on any atom is 0.387 e. The second kappa shape index (κ2) is 5.65. The van der Waals surface area contributed by atoms with E-state index in [-0.39, 0.29) is 36.0 Å². The minimum atomic E-state index is -2.93. The van der Waals surface area contributed by atoms with Crippen molar-refractivity contribution in [2.24, 2.45) is 0 Å². The van der Waals surface area contributed by atoms with E-state index < -0.39 is 12.6 Å². The lowest BCUT2D eigenvalue weighted by molar-refractivity contribution is -0.133. The predicted molar refractivity (Wildman–Crippen MR) is 55.3 cm³/mol. The summed E-state index contributed by atoms with van der Waals surface area (Å²) in [6.07, 6.45) is 1.25. The SMILES string of the molecule is CC(C)OC1=C(OC(F)F)CCC(C(=O)O)=C1. The van der Waals surface area contributed by atoms with E-state index in [2.05, 4.69) is 4.74 Å². The zero-order valence-electron chi connectivity index (χ0n) is 9.57. The van der Waals surface area contributed by atoms with E-state index in [1.807, 2.05) is 0 Å². The molecule has 0 saturated heterocycles. The van der Waals surface area contributed by atoms with Crippen LogP contribution < -0.4 is 0 Å². The van der Waals surface area contributed by atoms with Crippen molar-refractivity contribution in [1.82, 2.24) is 0 Å². The van der Waals surface area contributed by atoms with E-state index in [9.17, 15) is 13.6 Å². The fourth-order valence-corrected chi connectivity index (χ4v) is 1.43. The lowest BCUT2D eigenvalue weighted by atomic mass is 10.0. The standard InChI is InChI=1S/C11H14F2O4/c1-6(2)16-9-5-7(10(14)15)3-4-8(9)17-11(12)13/h5-6,11H,3-4H2,1-2H3,(H,14,15). The van der Waals surface area contributed by atoms with Crippen LogP contribution in [0.15, 0.2) is 23.2 Å². The molecule has 17 heavy (non-hydrogen) atoms. The smallest absolute Gasteiger partial charge is 0.387 e. The van der Waals surface area contributed by atoms with Crippen LogP contribution in [0.4, 0.5) is 8.78 Å². The van der Waals surface area contributed by atoms with Gasteiger partial charge in [-0.15, -0.1) is 0 Å². The summed E-state index contributed by atoms with van der Waals surface area (Å²) >= 11 is 0. The number of carboxylic acids is 1. The van der Waals surface area contributed by atoms with E-state index >= 15 is 0 Å². The summed E-state index contributed by atoms with van der Waals surface area (Å²) in [6.45, 7) is 0.502. The monoisotopic (exact) mass is 248 g/mol. The van der Waals surface area contributed by atoms with Gasteiger partial charge in [0.05, 0.1) is 6.10 Å². The van der Waals surface area contributed by atoms with E-state index in [0.717, 1.165) is 0 Å². The Morgan fingerprint density at radius 2 is 2.00 bits per heavy atom. The molecule has 1 N–H and O–H groups in total. The van der Waals surface area contributed by atoms with Gasteiger partial charge in [-0.05, 0) is 26.3 Å². The highest BCUT2D eigenvalue weighted by atomic mass is 19.3. The van der Waals surface area contributed by atoms with Gasteiger partial charge in [0.25, 0.3) is 0 Å². The average molecular weight is 248 g/mol. The number of alkyl halides is 2. The van der Waals surface area contributed by atoms with Gasteiger partial charge >= 0.3 is 12.6 Å². The molecule has 96 valence electrons. The summed E-state index contributed by atoms with van der Waals surface area (Å²) in [4.78, 5) is 10.8. The molecule has 0 saturated carbocycles. The van der Waals surface area contributed by atoms with Crippen LogP contribution in [0.5, 0.6) is 0 Å². The molecule has 6 heteroatoms. The van der Waals surface area contributed by atoms with Crippen molar-refractivity contribution in [3.8, 4) is 0 Å². The Morgan fingerprint density at radius 3 is 2.47 bits per heavy atom. The molecule has 0 aliphatic heterocycles. The molecule has 0 spiro atoms. The Morgan fingerprint density at radius 1 is 1.35 bits per heavy atom. The van der Waals surface area contributed by atoms with Gasteiger partial charge in [0.15, 0.2) is 5.76 Å². The van der Waals surface area contributed by atoms with Crippen LogP contribution in [0.25, 0.3) is 0 Å².